The topological polar surface area (TPSA) is 105 Å². The molecule has 1 fully saturated rings. The number of halogens is 1. The molecule has 2 aliphatic rings. The van der Waals surface area contributed by atoms with E-state index in [-0.39, 0.29) is 18.0 Å². The number of nitro benzene ring substituents is 1. The van der Waals surface area contributed by atoms with Gasteiger partial charge < -0.3 is 19.9 Å². The molecule has 1 amide bonds. The molecule has 0 radical (unpaired) electrons. The van der Waals surface area contributed by atoms with Crippen molar-refractivity contribution < 1.29 is 19.2 Å². The molecule has 38 heavy (non-hydrogen) atoms. The van der Waals surface area contributed by atoms with Crippen LogP contribution in [0.3, 0.4) is 0 Å². The lowest BCUT2D eigenvalue weighted by atomic mass is 9.71. The minimum atomic E-state index is -1.53. The lowest BCUT2D eigenvalue weighted by Crippen LogP contribution is -2.55. The van der Waals surface area contributed by atoms with Gasteiger partial charge in [-0.25, -0.2) is 0 Å². The third-order valence-electron chi connectivity index (χ3n) is 7.29. The zero-order valence-electron chi connectivity index (χ0n) is 21.1. The number of ketones is 1. The summed E-state index contributed by atoms with van der Waals surface area (Å²) < 4.78 is 5.28. The number of Topliss-reactive ketones (excluding diaryl/α,β-unsaturated/α-hetero) is 1. The maximum atomic E-state index is 14.4. The first-order chi connectivity index (χ1) is 18.2. The largest absolute Gasteiger partial charge is 0.497 e. The van der Waals surface area contributed by atoms with Crippen LogP contribution < -0.4 is 19.9 Å². The highest BCUT2D eigenvalue weighted by Gasteiger charge is 2.52. The number of fused-ring (bicyclic) bond motifs is 1. The second-order valence-corrected chi connectivity index (χ2v) is 9.99. The molecule has 196 valence electrons. The molecule has 3 aromatic carbocycles. The molecule has 5 rings (SSSR count). The smallest absolute Gasteiger partial charge is 0.269 e. The van der Waals surface area contributed by atoms with Gasteiger partial charge in [-0.2, -0.15) is 0 Å². The highest BCUT2D eigenvalue weighted by atomic mass is 35.5. The number of hydrogen-bond acceptors (Lipinski definition) is 7. The van der Waals surface area contributed by atoms with E-state index in [4.69, 9.17) is 16.3 Å². The molecular formula is C28H27ClN4O5. The maximum Gasteiger partial charge on any atom is 0.269 e. The first-order valence-corrected chi connectivity index (χ1v) is 12.7. The van der Waals surface area contributed by atoms with Crippen molar-refractivity contribution in [2.45, 2.75) is 18.9 Å². The molecule has 1 atom stereocenters. The van der Waals surface area contributed by atoms with Crippen molar-refractivity contribution in [3.63, 3.8) is 0 Å². The van der Waals surface area contributed by atoms with E-state index in [2.05, 4.69) is 10.2 Å². The fourth-order valence-corrected chi connectivity index (χ4v) is 5.40. The molecule has 0 aliphatic carbocycles. The summed E-state index contributed by atoms with van der Waals surface area (Å²) in [5.41, 5.74) is 0.983. The van der Waals surface area contributed by atoms with Gasteiger partial charge in [0.1, 0.15) is 11.2 Å². The van der Waals surface area contributed by atoms with Crippen LogP contribution >= 0.6 is 11.6 Å². The third kappa shape index (κ3) is 4.37. The number of carbonyl (C=O) groups is 2. The van der Waals surface area contributed by atoms with E-state index in [1.807, 2.05) is 0 Å². The number of hydrogen-bond donors (Lipinski definition) is 1. The molecule has 9 nitrogen and oxygen atoms in total. The van der Waals surface area contributed by atoms with Gasteiger partial charge in [0.2, 0.25) is 5.91 Å². The Bertz CT molecular complexity index is 1420. The molecule has 10 heteroatoms. The number of carbonyl (C=O) groups excluding carboxylic acids is 2. The van der Waals surface area contributed by atoms with Crippen LogP contribution in [0.5, 0.6) is 5.75 Å². The Labute approximate surface area is 225 Å². The van der Waals surface area contributed by atoms with Gasteiger partial charge in [0.25, 0.3) is 5.69 Å². The number of benzene rings is 3. The Hall–Kier alpha value is -3.95. The van der Waals surface area contributed by atoms with E-state index in [0.717, 1.165) is 13.1 Å². The number of non-ortho nitro benzene ring substituents is 1. The van der Waals surface area contributed by atoms with Gasteiger partial charge in [-0.05, 0) is 42.3 Å². The fourth-order valence-electron chi connectivity index (χ4n) is 5.19. The monoisotopic (exact) mass is 534 g/mol. The Morgan fingerprint density at radius 3 is 2.39 bits per heavy atom. The van der Waals surface area contributed by atoms with Gasteiger partial charge in [-0.1, -0.05) is 35.9 Å². The van der Waals surface area contributed by atoms with Crippen molar-refractivity contribution in [2.75, 3.05) is 43.1 Å². The zero-order chi connectivity index (χ0) is 27.0. The second-order valence-electron chi connectivity index (χ2n) is 9.56. The number of amides is 1. The molecule has 1 unspecified atom stereocenters. The molecule has 0 saturated carbocycles. The van der Waals surface area contributed by atoms with Gasteiger partial charge >= 0.3 is 0 Å². The number of piperazine rings is 1. The van der Waals surface area contributed by atoms with Crippen molar-refractivity contribution in [1.82, 2.24) is 5.32 Å². The van der Waals surface area contributed by atoms with Gasteiger partial charge in [0.15, 0.2) is 5.78 Å². The standard InChI is InChI=1S/C28H27ClN4O5/c1-28(19-6-8-22(38-2)9-7-19)26(34)25-23(31-12-10-30-11-13-31)15-20(29)16-24(25)32(27(28)35)17-18-4-3-5-21(14-18)33(36)37/h3-9,14-16,30H,10-13,17H2,1-2H3. The third-order valence-corrected chi connectivity index (χ3v) is 7.51. The molecule has 3 aromatic rings. The molecule has 0 spiro atoms. The maximum absolute atomic E-state index is 14.4. The summed E-state index contributed by atoms with van der Waals surface area (Å²) in [5.74, 6) is -0.140. The Morgan fingerprint density at radius 2 is 1.74 bits per heavy atom. The van der Waals surface area contributed by atoms with Gasteiger partial charge in [0, 0.05) is 43.3 Å². The summed E-state index contributed by atoms with van der Waals surface area (Å²) in [5, 5.41) is 15.1. The quantitative estimate of drug-likeness (QED) is 0.285. The summed E-state index contributed by atoms with van der Waals surface area (Å²) in [7, 11) is 1.55. The summed E-state index contributed by atoms with van der Waals surface area (Å²) in [6, 6.07) is 16.5. The first-order valence-electron chi connectivity index (χ1n) is 12.3. The first kappa shape index (κ1) is 25.7. The van der Waals surface area contributed by atoms with Crippen molar-refractivity contribution >= 4 is 40.4 Å². The number of nitro groups is 1. The van der Waals surface area contributed by atoms with Crippen LogP contribution in [0.25, 0.3) is 0 Å². The van der Waals surface area contributed by atoms with Crippen LogP contribution in [-0.4, -0.2) is 49.9 Å². The summed E-state index contributed by atoms with van der Waals surface area (Å²) in [4.78, 5) is 43.2. The fraction of sp³-hybridized carbons (Fsp3) is 0.286. The van der Waals surface area contributed by atoms with E-state index in [1.54, 1.807) is 62.6 Å². The zero-order valence-corrected chi connectivity index (χ0v) is 21.8. The van der Waals surface area contributed by atoms with Crippen molar-refractivity contribution in [1.29, 1.82) is 0 Å². The number of nitrogens with one attached hydrogen (secondary N) is 1. The predicted molar refractivity (Wildman–Crippen MR) is 145 cm³/mol. The summed E-state index contributed by atoms with van der Waals surface area (Å²) in [6.45, 7) is 4.53. The molecule has 0 bridgehead atoms. The number of rotatable bonds is 6. The average molecular weight is 535 g/mol. The second kappa shape index (κ2) is 10.1. The number of ether oxygens (including phenoxy) is 1. The molecule has 1 N–H and O–H groups in total. The normalized spacial score (nSPS) is 19.3. The number of anilines is 2. The number of methoxy groups -OCH3 is 1. The lowest BCUT2D eigenvalue weighted by Gasteiger charge is -2.42. The van der Waals surface area contributed by atoms with Gasteiger partial charge in [-0.15, -0.1) is 0 Å². The Balaban J connectivity index is 1.70. The predicted octanol–water partition coefficient (Wildman–Crippen LogP) is 4.35. The SMILES string of the molecule is COc1ccc(C2(C)C(=O)c3c(N4CCNCC4)cc(Cl)cc3N(Cc3cccc([N+](=O)[O-])c3)C2=O)cc1. The molecule has 1 saturated heterocycles. The van der Waals surface area contributed by atoms with Gasteiger partial charge in [0.05, 0.1) is 35.5 Å². The van der Waals surface area contributed by atoms with Crippen molar-refractivity contribution in [2.24, 2.45) is 0 Å². The summed E-state index contributed by atoms with van der Waals surface area (Å²) >= 11 is 6.56. The van der Waals surface area contributed by atoms with E-state index in [1.165, 1.54) is 17.0 Å². The molecule has 2 aliphatic heterocycles. The van der Waals surface area contributed by atoms with E-state index in [0.29, 0.717) is 51.9 Å². The lowest BCUT2D eigenvalue weighted by molar-refractivity contribution is -0.384. The minimum absolute atomic E-state index is 0.0356. The van der Waals surface area contributed by atoms with E-state index < -0.39 is 16.2 Å². The minimum Gasteiger partial charge on any atom is -0.497 e. The Kier molecular flexibility index (Phi) is 6.81. The van der Waals surface area contributed by atoms with Crippen molar-refractivity contribution in [3.05, 3.63) is 92.5 Å². The number of nitrogens with zero attached hydrogens (tertiary/aromatic N) is 3. The van der Waals surface area contributed by atoms with Crippen LogP contribution in [0.2, 0.25) is 5.02 Å². The van der Waals surface area contributed by atoms with E-state index >= 15 is 0 Å². The molecule has 2 heterocycles. The van der Waals surface area contributed by atoms with E-state index in [9.17, 15) is 19.7 Å². The van der Waals surface area contributed by atoms with Crippen LogP contribution in [0.1, 0.15) is 28.4 Å². The average Bonchev–Trinajstić information content (AvgIpc) is 2.94. The van der Waals surface area contributed by atoms with Gasteiger partial charge in [-0.3, -0.25) is 19.7 Å². The Morgan fingerprint density at radius 1 is 1.05 bits per heavy atom. The van der Waals surface area contributed by atoms with Crippen LogP contribution in [0.4, 0.5) is 17.1 Å². The highest BCUT2D eigenvalue weighted by molar-refractivity contribution is 6.34. The highest BCUT2D eigenvalue weighted by Crippen LogP contribution is 2.46. The molecular weight excluding hydrogens is 508 g/mol. The molecule has 0 aromatic heterocycles. The summed E-state index contributed by atoms with van der Waals surface area (Å²) in [6.07, 6.45) is 0. The van der Waals surface area contributed by atoms with Crippen molar-refractivity contribution in [3.8, 4) is 5.75 Å². The van der Waals surface area contributed by atoms with Crippen LogP contribution in [0.15, 0.2) is 60.7 Å². The van der Waals surface area contributed by atoms with Crippen LogP contribution in [0, 0.1) is 10.1 Å². The van der Waals surface area contributed by atoms with Crippen LogP contribution in [-0.2, 0) is 16.8 Å².